The van der Waals surface area contributed by atoms with Crippen LogP contribution in [0.3, 0.4) is 0 Å². The van der Waals surface area contributed by atoms with E-state index in [9.17, 15) is 9.59 Å². The number of benzene rings is 2. The highest BCUT2D eigenvalue weighted by atomic mass is 16.6. The van der Waals surface area contributed by atoms with Crippen molar-refractivity contribution in [2.24, 2.45) is 0 Å². The summed E-state index contributed by atoms with van der Waals surface area (Å²) in [6, 6.07) is 20.0. The number of carbonyl (C=O) groups excluding carboxylic acids is 2. The largest absolute Gasteiger partial charge is 0.439 e. The van der Waals surface area contributed by atoms with Crippen LogP contribution in [0.2, 0.25) is 0 Å². The second kappa shape index (κ2) is 9.70. The third kappa shape index (κ3) is 5.24. The molecule has 0 unspecified atom stereocenters. The van der Waals surface area contributed by atoms with Crippen molar-refractivity contribution in [3.05, 3.63) is 66.2 Å². The van der Waals surface area contributed by atoms with Crippen LogP contribution in [0.1, 0.15) is 38.7 Å². The fraction of sp³-hybridized carbons (Fsp3) is 0.417. The number of hydrogen-bond acceptors (Lipinski definition) is 4. The number of carbonyl (C=O) groups is 2. The van der Waals surface area contributed by atoms with E-state index in [0.29, 0.717) is 19.3 Å². The van der Waals surface area contributed by atoms with Gasteiger partial charge in [-0.05, 0) is 24.1 Å². The molecule has 1 aliphatic heterocycles. The molecule has 0 radical (unpaired) electrons. The number of anilines is 1. The van der Waals surface area contributed by atoms with E-state index in [-0.39, 0.29) is 11.9 Å². The summed E-state index contributed by atoms with van der Waals surface area (Å²) in [5, 5.41) is 0. The van der Waals surface area contributed by atoms with Crippen LogP contribution in [-0.4, -0.2) is 42.1 Å². The summed E-state index contributed by atoms with van der Waals surface area (Å²) in [6.45, 7) is 5.77. The average molecular weight is 395 g/mol. The maximum Gasteiger partial charge on any atom is 0.304 e. The first-order chi connectivity index (χ1) is 14.0. The van der Waals surface area contributed by atoms with Crippen molar-refractivity contribution in [3.8, 4) is 0 Å². The molecule has 0 saturated carbocycles. The number of ether oxygens (including phenoxy) is 1. The number of hydrogen-bond donors (Lipinski definition) is 0. The van der Waals surface area contributed by atoms with Crippen molar-refractivity contribution in [2.45, 2.75) is 45.3 Å². The Balaban J connectivity index is 1.77. The van der Waals surface area contributed by atoms with E-state index in [0.717, 1.165) is 31.7 Å². The molecule has 3 rings (SSSR count). The second-order valence-electron chi connectivity index (χ2n) is 7.54. The van der Waals surface area contributed by atoms with Gasteiger partial charge in [-0.1, -0.05) is 55.5 Å². The molecule has 1 amide bonds. The Bertz CT molecular complexity index is 799. The van der Waals surface area contributed by atoms with Gasteiger partial charge in [0.2, 0.25) is 5.91 Å². The van der Waals surface area contributed by atoms with Crippen LogP contribution in [0.25, 0.3) is 0 Å². The summed E-state index contributed by atoms with van der Waals surface area (Å²) in [5.74, 6) is -0.386. The van der Waals surface area contributed by atoms with Gasteiger partial charge in [-0.25, -0.2) is 0 Å². The molecule has 5 heteroatoms. The average Bonchev–Trinajstić information content (AvgIpc) is 2.74. The maximum atomic E-state index is 12.9. The molecule has 0 aliphatic carbocycles. The normalized spacial score (nSPS) is 16.2. The molecule has 0 atom stereocenters. The van der Waals surface area contributed by atoms with Crippen molar-refractivity contribution in [2.75, 3.05) is 24.5 Å². The number of para-hydroxylation sites is 1. The standard InChI is InChI=1S/C24H30N2O3/c1-3-23(28)26(22-12-8-5-9-13-22)24(29-20(2)27)15-18-25(19-16-24)17-14-21-10-6-4-7-11-21/h4-13H,3,14-19H2,1-2H3. The van der Waals surface area contributed by atoms with Gasteiger partial charge in [-0.15, -0.1) is 0 Å². The summed E-state index contributed by atoms with van der Waals surface area (Å²) in [5.41, 5.74) is 1.17. The molecule has 5 nitrogen and oxygen atoms in total. The smallest absolute Gasteiger partial charge is 0.304 e. The van der Waals surface area contributed by atoms with Gasteiger partial charge in [0.1, 0.15) is 0 Å². The van der Waals surface area contributed by atoms with Gasteiger partial charge in [0.15, 0.2) is 5.72 Å². The molecule has 0 spiro atoms. The van der Waals surface area contributed by atoms with E-state index in [1.165, 1.54) is 12.5 Å². The molecule has 2 aromatic carbocycles. The molecule has 1 heterocycles. The van der Waals surface area contributed by atoms with E-state index in [1.54, 1.807) is 4.90 Å². The Hall–Kier alpha value is -2.66. The molecule has 1 aliphatic rings. The molecule has 1 saturated heterocycles. The molecule has 0 aromatic heterocycles. The Morgan fingerprint density at radius 3 is 2.14 bits per heavy atom. The van der Waals surface area contributed by atoms with Crippen LogP contribution in [0, 0.1) is 0 Å². The van der Waals surface area contributed by atoms with E-state index in [2.05, 4.69) is 29.2 Å². The van der Waals surface area contributed by atoms with Gasteiger partial charge in [0, 0.05) is 51.5 Å². The highest BCUT2D eigenvalue weighted by molar-refractivity contribution is 5.94. The van der Waals surface area contributed by atoms with Crippen LogP contribution in [0.15, 0.2) is 60.7 Å². The lowest BCUT2D eigenvalue weighted by atomic mass is 9.96. The molecule has 1 fully saturated rings. The Kier molecular flexibility index (Phi) is 7.04. The van der Waals surface area contributed by atoms with E-state index < -0.39 is 5.72 Å². The van der Waals surface area contributed by atoms with Crippen molar-refractivity contribution in [1.82, 2.24) is 4.90 Å². The third-order valence-corrected chi connectivity index (χ3v) is 5.50. The van der Waals surface area contributed by atoms with Crippen LogP contribution in [0.4, 0.5) is 5.69 Å². The quantitative estimate of drug-likeness (QED) is 0.526. The zero-order valence-corrected chi connectivity index (χ0v) is 17.3. The summed E-state index contributed by atoms with van der Waals surface area (Å²) in [6.07, 6.45) is 2.54. The fourth-order valence-electron chi connectivity index (χ4n) is 4.04. The molecular weight excluding hydrogens is 364 g/mol. The highest BCUT2D eigenvalue weighted by Gasteiger charge is 2.45. The molecule has 0 bridgehead atoms. The monoisotopic (exact) mass is 394 g/mol. The van der Waals surface area contributed by atoms with Gasteiger partial charge >= 0.3 is 5.97 Å². The highest BCUT2D eigenvalue weighted by Crippen LogP contribution is 2.35. The molecule has 154 valence electrons. The van der Waals surface area contributed by atoms with E-state index >= 15 is 0 Å². The van der Waals surface area contributed by atoms with E-state index in [1.807, 2.05) is 43.3 Å². The Morgan fingerprint density at radius 1 is 1.00 bits per heavy atom. The molecule has 2 aromatic rings. The third-order valence-electron chi connectivity index (χ3n) is 5.50. The van der Waals surface area contributed by atoms with Crippen molar-refractivity contribution >= 4 is 17.6 Å². The summed E-state index contributed by atoms with van der Waals surface area (Å²) in [4.78, 5) is 29.0. The minimum Gasteiger partial charge on any atom is -0.439 e. The minimum absolute atomic E-state index is 0.0322. The minimum atomic E-state index is -0.927. The Labute approximate surface area is 173 Å². The van der Waals surface area contributed by atoms with Crippen LogP contribution in [0.5, 0.6) is 0 Å². The zero-order valence-electron chi connectivity index (χ0n) is 17.3. The first-order valence-corrected chi connectivity index (χ1v) is 10.4. The second-order valence-corrected chi connectivity index (χ2v) is 7.54. The van der Waals surface area contributed by atoms with Crippen LogP contribution in [-0.2, 0) is 20.7 Å². The van der Waals surface area contributed by atoms with Gasteiger partial charge in [0.05, 0.1) is 0 Å². The number of rotatable bonds is 7. The van der Waals surface area contributed by atoms with Crippen molar-refractivity contribution in [3.63, 3.8) is 0 Å². The Morgan fingerprint density at radius 2 is 1.59 bits per heavy atom. The van der Waals surface area contributed by atoms with Gasteiger partial charge in [-0.2, -0.15) is 0 Å². The fourth-order valence-corrected chi connectivity index (χ4v) is 4.04. The number of piperidine rings is 1. The summed E-state index contributed by atoms with van der Waals surface area (Å²) < 4.78 is 5.87. The first kappa shape index (κ1) is 21.1. The zero-order chi connectivity index (χ0) is 20.7. The van der Waals surface area contributed by atoms with Crippen LogP contribution >= 0.6 is 0 Å². The number of nitrogens with zero attached hydrogens (tertiary/aromatic N) is 2. The first-order valence-electron chi connectivity index (χ1n) is 10.4. The lowest BCUT2D eigenvalue weighted by Crippen LogP contribution is -2.60. The maximum absolute atomic E-state index is 12.9. The lowest BCUT2D eigenvalue weighted by Gasteiger charge is -2.47. The summed E-state index contributed by atoms with van der Waals surface area (Å²) >= 11 is 0. The van der Waals surface area contributed by atoms with Crippen LogP contribution < -0.4 is 4.90 Å². The molecule has 0 N–H and O–H groups in total. The van der Waals surface area contributed by atoms with Gasteiger partial charge < -0.3 is 9.64 Å². The number of likely N-dealkylation sites (tertiary alicyclic amines) is 1. The number of esters is 1. The number of amides is 1. The van der Waals surface area contributed by atoms with Gasteiger partial charge in [0.25, 0.3) is 0 Å². The van der Waals surface area contributed by atoms with Gasteiger partial charge in [-0.3, -0.25) is 14.5 Å². The van der Waals surface area contributed by atoms with Crippen molar-refractivity contribution < 1.29 is 14.3 Å². The SMILES string of the molecule is CCC(=O)N(c1ccccc1)C1(OC(C)=O)CCN(CCc2ccccc2)CC1. The molecule has 29 heavy (non-hydrogen) atoms. The topological polar surface area (TPSA) is 49.9 Å². The molecular formula is C24H30N2O3. The van der Waals surface area contributed by atoms with Crippen molar-refractivity contribution in [1.29, 1.82) is 0 Å². The summed E-state index contributed by atoms with van der Waals surface area (Å²) in [7, 11) is 0. The predicted molar refractivity (Wildman–Crippen MR) is 115 cm³/mol. The predicted octanol–water partition coefficient (Wildman–Crippen LogP) is 4.03. The van der Waals surface area contributed by atoms with E-state index in [4.69, 9.17) is 4.74 Å². The lowest BCUT2D eigenvalue weighted by molar-refractivity contribution is -0.164.